The van der Waals surface area contributed by atoms with Gasteiger partial charge < -0.3 is 9.64 Å². The molecule has 0 unspecified atom stereocenters. The largest absolute Gasteiger partial charge is 0.468 e. The van der Waals surface area contributed by atoms with Crippen molar-refractivity contribution in [2.45, 2.75) is 31.3 Å². The maximum atomic E-state index is 12.7. The van der Waals surface area contributed by atoms with E-state index < -0.39 is 0 Å². The molecule has 3 rings (SSSR count). The number of rotatable bonds is 8. The van der Waals surface area contributed by atoms with Crippen LogP contribution in [0.3, 0.4) is 0 Å². The van der Waals surface area contributed by atoms with Crippen molar-refractivity contribution < 1.29 is 14.3 Å². The molecule has 1 aromatic rings. The van der Waals surface area contributed by atoms with Gasteiger partial charge in [-0.15, -0.1) is 6.58 Å². The summed E-state index contributed by atoms with van der Waals surface area (Å²) in [5.74, 6) is 0.544. The third-order valence-corrected chi connectivity index (χ3v) is 6.56. The summed E-state index contributed by atoms with van der Waals surface area (Å²) in [5.41, 5.74) is 1.13. The van der Waals surface area contributed by atoms with Crippen LogP contribution in [0.5, 0.6) is 0 Å². The summed E-state index contributed by atoms with van der Waals surface area (Å²) in [7, 11) is 5.04. The molecule has 0 N–H and O–H groups in total. The van der Waals surface area contributed by atoms with Gasteiger partial charge in [-0.05, 0) is 36.2 Å². The SMILES string of the molecule is C=CC[C@@H]1C=C[C@H](CC(=O)N(C)C)[C@H]2C[C@@H](C(=O)OC)N(C/C=C/c3ccccc3)[C@@H]21. The minimum Gasteiger partial charge on any atom is -0.468 e. The summed E-state index contributed by atoms with van der Waals surface area (Å²) in [4.78, 5) is 29.1. The Balaban J connectivity index is 1.87. The van der Waals surface area contributed by atoms with E-state index in [1.165, 1.54) is 7.11 Å². The minimum absolute atomic E-state index is 0.118. The lowest BCUT2D eigenvalue weighted by atomic mass is 9.72. The van der Waals surface area contributed by atoms with Crippen LogP contribution in [-0.4, -0.2) is 61.5 Å². The summed E-state index contributed by atoms with van der Waals surface area (Å²) >= 11 is 0. The fourth-order valence-electron chi connectivity index (χ4n) is 5.03. The molecule has 0 bridgehead atoms. The lowest BCUT2D eigenvalue weighted by Gasteiger charge is -2.39. The maximum Gasteiger partial charge on any atom is 0.323 e. The molecule has 5 nitrogen and oxygen atoms in total. The van der Waals surface area contributed by atoms with Gasteiger partial charge in [0, 0.05) is 33.1 Å². The van der Waals surface area contributed by atoms with Crippen molar-refractivity contribution in [3.8, 4) is 0 Å². The molecule has 166 valence electrons. The first-order valence-electron chi connectivity index (χ1n) is 11.0. The Morgan fingerprint density at radius 2 is 1.90 bits per heavy atom. The average molecular weight is 423 g/mol. The van der Waals surface area contributed by atoms with Gasteiger partial charge in [-0.1, -0.05) is 60.7 Å². The molecule has 1 aliphatic carbocycles. The molecule has 1 fully saturated rings. The Kier molecular flexibility index (Phi) is 7.85. The van der Waals surface area contributed by atoms with E-state index in [2.05, 4.69) is 47.9 Å². The number of amides is 1. The highest BCUT2D eigenvalue weighted by atomic mass is 16.5. The number of carbonyl (C=O) groups is 2. The zero-order chi connectivity index (χ0) is 22.4. The van der Waals surface area contributed by atoms with Gasteiger partial charge in [-0.25, -0.2) is 0 Å². The highest BCUT2D eigenvalue weighted by Crippen LogP contribution is 2.45. The molecular weight excluding hydrogens is 388 g/mol. The van der Waals surface area contributed by atoms with Gasteiger partial charge in [-0.3, -0.25) is 14.5 Å². The van der Waals surface area contributed by atoms with Gasteiger partial charge in [-0.2, -0.15) is 0 Å². The molecule has 1 aromatic carbocycles. The average Bonchev–Trinajstić information content (AvgIpc) is 3.16. The Bertz CT molecular complexity index is 830. The van der Waals surface area contributed by atoms with E-state index in [4.69, 9.17) is 4.74 Å². The van der Waals surface area contributed by atoms with E-state index in [0.717, 1.165) is 12.0 Å². The molecule has 1 saturated heterocycles. The monoisotopic (exact) mass is 422 g/mol. The van der Waals surface area contributed by atoms with Gasteiger partial charge in [0.15, 0.2) is 0 Å². The number of likely N-dealkylation sites (tertiary alicyclic amines) is 1. The van der Waals surface area contributed by atoms with Crippen LogP contribution in [-0.2, 0) is 14.3 Å². The predicted molar refractivity (Wildman–Crippen MR) is 124 cm³/mol. The van der Waals surface area contributed by atoms with Crippen LogP contribution < -0.4 is 0 Å². The molecule has 31 heavy (non-hydrogen) atoms. The lowest BCUT2D eigenvalue weighted by molar-refractivity contribution is -0.146. The summed E-state index contributed by atoms with van der Waals surface area (Å²) < 4.78 is 5.16. The Hall–Kier alpha value is -2.66. The number of nitrogens with zero attached hydrogens (tertiary/aromatic N) is 2. The second-order valence-electron chi connectivity index (χ2n) is 8.67. The van der Waals surface area contributed by atoms with Crippen LogP contribution in [0.25, 0.3) is 6.08 Å². The summed E-state index contributed by atoms with van der Waals surface area (Å²) in [5, 5.41) is 0. The maximum absolute atomic E-state index is 12.7. The molecule has 0 saturated carbocycles. The van der Waals surface area contributed by atoms with E-state index in [0.29, 0.717) is 19.4 Å². The van der Waals surface area contributed by atoms with Gasteiger partial charge in [0.1, 0.15) is 6.04 Å². The van der Waals surface area contributed by atoms with E-state index in [1.54, 1.807) is 19.0 Å². The first kappa shape index (κ1) is 23.0. The Morgan fingerprint density at radius 1 is 1.19 bits per heavy atom. The van der Waals surface area contributed by atoms with Crippen molar-refractivity contribution in [2.75, 3.05) is 27.7 Å². The third-order valence-electron chi connectivity index (χ3n) is 6.56. The van der Waals surface area contributed by atoms with E-state index in [9.17, 15) is 9.59 Å². The normalized spacial score (nSPS) is 27.8. The topological polar surface area (TPSA) is 49.9 Å². The molecule has 1 heterocycles. The van der Waals surface area contributed by atoms with Crippen molar-refractivity contribution in [1.29, 1.82) is 0 Å². The van der Waals surface area contributed by atoms with Crippen LogP contribution in [0.1, 0.15) is 24.8 Å². The molecule has 0 spiro atoms. The zero-order valence-electron chi connectivity index (χ0n) is 18.8. The number of hydrogen-bond acceptors (Lipinski definition) is 4. The van der Waals surface area contributed by atoms with Crippen molar-refractivity contribution in [3.63, 3.8) is 0 Å². The number of ether oxygens (including phenoxy) is 1. The molecule has 1 amide bonds. The standard InChI is InChI=1S/C26H34N2O3/c1-5-10-20-14-15-21(17-24(29)27(2)3)22-18-23(26(30)31-4)28(25(20)22)16-9-13-19-11-7-6-8-12-19/h5-9,11-15,20-23,25H,1,10,16-18H2,2-4H3/b13-9+/t20-,21-,22-,23+,25-/m1/s1. The van der Waals surface area contributed by atoms with Crippen molar-refractivity contribution in [3.05, 3.63) is 66.8 Å². The smallest absolute Gasteiger partial charge is 0.323 e. The second-order valence-corrected chi connectivity index (χ2v) is 8.67. The number of methoxy groups -OCH3 is 1. The number of fused-ring (bicyclic) bond motifs is 1. The quantitative estimate of drug-likeness (QED) is 0.472. The van der Waals surface area contributed by atoms with Gasteiger partial charge in [0.2, 0.25) is 5.91 Å². The fourth-order valence-corrected chi connectivity index (χ4v) is 5.03. The van der Waals surface area contributed by atoms with Crippen LogP contribution in [0.4, 0.5) is 0 Å². The third kappa shape index (κ3) is 5.34. The number of allylic oxidation sites excluding steroid dienone is 2. The number of benzene rings is 1. The van der Waals surface area contributed by atoms with Crippen molar-refractivity contribution >= 4 is 18.0 Å². The van der Waals surface area contributed by atoms with Crippen LogP contribution in [0, 0.1) is 17.8 Å². The van der Waals surface area contributed by atoms with Crippen molar-refractivity contribution in [1.82, 2.24) is 9.80 Å². The number of hydrogen-bond donors (Lipinski definition) is 0. The molecule has 5 atom stereocenters. The molecule has 5 heteroatoms. The van der Waals surface area contributed by atoms with Crippen LogP contribution in [0.2, 0.25) is 0 Å². The van der Waals surface area contributed by atoms with Gasteiger partial charge in [0.25, 0.3) is 0 Å². The van der Waals surface area contributed by atoms with E-state index in [-0.39, 0.29) is 41.7 Å². The highest BCUT2D eigenvalue weighted by Gasteiger charge is 2.50. The summed E-state index contributed by atoms with van der Waals surface area (Å²) in [6.45, 7) is 4.60. The number of carbonyl (C=O) groups excluding carboxylic acids is 2. The zero-order valence-corrected chi connectivity index (χ0v) is 18.8. The fraction of sp³-hybridized carbons (Fsp3) is 0.462. The molecule has 1 aliphatic heterocycles. The summed E-state index contributed by atoms with van der Waals surface area (Å²) in [6, 6.07) is 10.0. The lowest BCUT2D eigenvalue weighted by Crippen LogP contribution is -2.47. The van der Waals surface area contributed by atoms with Gasteiger partial charge in [0.05, 0.1) is 7.11 Å². The van der Waals surface area contributed by atoms with Crippen LogP contribution in [0.15, 0.2) is 61.2 Å². The highest BCUT2D eigenvalue weighted by molar-refractivity contribution is 5.77. The molecule has 0 aromatic heterocycles. The van der Waals surface area contributed by atoms with E-state index in [1.807, 2.05) is 24.3 Å². The first-order chi connectivity index (χ1) is 15.0. The predicted octanol–water partition coefficient (Wildman–Crippen LogP) is 3.79. The molecule has 2 aliphatic rings. The minimum atomic E-state index is -0.301. The Morgan fingerprint density at radius 3 is 2.55 bits per heavy atom. The molecule has 0 radical (unpaired) electrons. The first-order valence-corrected chi connectivity index (χ1v) is 11.0. The summed E-state index contributed by atoms with van der Waals surface area (Å²) in [6.07, 6.45) is 12.6. The van der Waals surface area contributed by atoms with Gasteiger partial charge >= 0.3 is 5.97 Å². The second kappa shape index (κ2) is 10.6. The molecular formula is C26H34N2O3. The van der Waals surface area contributed by atoms with Crippen molar-refractivity contribution in [2.24, 2.45) is 17.8 Å². The number of esters is 1. The van der Waals surface area contributed by atoms with E-state index >= 15 is 0 Å². The Labute approximate surface area is 186 Å². The van der Waals surface area contributed by atoms with Crippen LogP contribution >= 0.6 is 0 Å².